The van der Waals surface area contributed by atoms with E-state index in [2.05, 4.69) is 94.0 Å². The minimum Gasteiger partial charge on any atom is -0.416 e. The molecule has 0 N–H and O–H groups in total. The van der Waals surface area contributed by atoms with Crippen LogP contribution in [0, 0.1) is 0 Å². The van der Waals surface area contributed by atoms with Gasteiger partial charge in [0.1, 0.15) is 0 Å². The fourth-order valence-corrected chi connectivity index (χ4v) is 51.5. The van der Waals surface area contributed by atoms with Crippen LogP contribution in [0.3, 0.4) is 0 Å². The summed E-state index contributed by atoms with van der Waals surface area (Å²) in [4.78, 5) is 17.9. The van der Waals surface area contributed by atoms with E-state index in [1.54, 1.807) is 0 Å². The molecular formula is C60H129N7O15Si7. The summed E-state index contributed by atoms with van der Waals surface area (Å²) < 4.78 is 103. The Morgan fingerprint density at radius 2 is 0.360 bits per heavy atom. The third kappa shape index (κ3) is 29.7. The van der Waals surface area contributed by atoms with Gasteiger partial charge >= 0.3 is 59.9 Å². The molecule has 0 aromatic heterocycles. The van der Waals surface area contributed by atoms with E-state index in [0.717, 1.165) is 317 Å². The smallest absolute Gasteiger partial charge is 0.326 e. The molecule has 0 aliphatic carbocycles. The van der Waals surface area contributed by atoms with Gasteiger partial charge in [0.15, 0.2) is 0 Å². The van der Waals surface area contributed by atoms with E-state index in [-0.39, 0.29) is 0 Å². The number of ether oxygens (including phenoxy) is 7. The molecule has 7 heterocycles. The molecule has 7 saturated heterocycles. The molecule has 7 rings (SSSR count). The maximum Gasteiger partial charge on any atom is 0.326 e. The van der Waals surface area contributed by atoms with Crippen molar-refractivity contribution in [1.29, 1.82) is 0 Å². The molecule has 0 aromatic carbocycles. The van der Waals surface area contributed by atoms with Gasteiger partial charge in [-0.05, 0) is 193 Å². The number of nitrogens with zero attached hydrogens (tertiary/aromatic N) is 7. The van der Waals surface area contributed by atoms with Crippen LogP contribution in [0.4, 0.5) is 0 Å². The molecule has 89 heavy (non-hydrogen) atoms. The quantitative estimate of drug-likeness (QED) is 0.0591. The van der Waals surface area contributed by atoms with Crippen LogP contribution in [0.1, 0.15) is 58.8 Å². The molecular weight excluding hydrogens is 1260 g/mol. The van der Waals surface area contributed by atoms with Gasteiger partial charge in [-0.15, -0.1) is 0 Å². The average molecular weight is 1390 g/mol. The number of hydrogen-bond donors (Lipinski definition) is 0. The van der Waals surface area contributed by atoms with E-state index in [1.165, 1.54) is 0 Å². The van der Waals surface area contributed by atoms with Gasteiger partial charge in [0.2, 0.25) is 0 Å². The maximum atomic E-state index is 8.33. The van der Waals surface area contributed by atoms with Crippen LogP contribution >= 0.6 is 0 Å². The second kappa shape index (κ2) is 40.5. The third-order valence-electron chi connectivity index (χ3n) is 19.0. The van der Waals surface area contributed by atoms with Crippen LogP contribution in [0.2, 0.25) is 88.1 Å². The minimum atomic E-state index is -3.26. The first-order chi connectivity index (χ1) is 42.9. The number of rotatable bonds is 44. The second-order valence-electron chi connectivity index (χ2n) is 27.3. The summed E-state index contributed by atoms with van der Waals surface area (Å²) in [5.41, 5.74) is 0. The molecule has 0 aromatic rings. The lowest BCUT2D eigenvalue weighted by Crippen LogP contribution is -2.64. The molecule has 7 aliphatic heterocycles. The molecule has 0 bridgehead atoms. The zero-order valence-electron chi connectivity index (χ0n) is 57.8. The Morgan fingerprint density at radius 1 is 0.225 bits per heavy atom. The Morgan fingerprint density at radius 3 is 0.506 bits per heavy atom. The van der Waals surface area contributed by atoms with E-state index < -0.39 is 59.9 Å². The number of hydrogen-bond acceptors (Lipinski definition) is 22. The summed E-state index contributed by atoms with van der Waals surface area (Å²) in [6.07, 6.45) is 6.85. The van der Waals surface area contributed by atoms with Crippen molar-refractivity contribution in [3.8, 4) is 0 Å². The molecule has 7 fully saturated rings. The molecule has 6 atom stereocenters. The lowest BCUT2D eigenvalue weighted by molar-refractivity contribution is 0.0374. The number of morpholine rings is 7. The highest BCUT2D eigenvalue weighted by Crippen LogP contribution is 2.39. The molecule has 0 amide bonds. The highest BCUT2D eigenvalue weighted by Gasteiger charge is 2.55. The molecule has 22 nitrogen and oxygen atoms in total. The summed E-state index contributed by atoms with van der Waals surface area (Å²) in [7, 11) is -21.4. The van der Waals surface area contributed by atoms with Crippen molar-refractivity contribution in [3.05, 3.63) is 0 Å². The monoisotopic (exact) mass is 1380 g/mol. The third-order valence-corrected chi connectivity index (χ3v) is 50.3. The Balaban J connectivity index is 1.24. The fourth-order valence-electron chi connectivity index (χ4n) is 14.4. The van der Waals surface area contributed by atoms with Gasteiger partial charge in [0.05, 0.1) is 92.5 Å². The van der Waals surface area contributed by atoms with Crippen LogP contribution in [0.15, 0.2) is 0 Å². The van der Waals surface area contributed by atoms with Crippen LogP contribution < -0.4 is 0 Å². The first-order valence-electron chi connectivity index (χ1n) is 35.5. The molecule has 0 spiro atoms. The van der Waals surface area contributed by atoms with Gasteiger partial charge in [0, 0.05) is 105 Å². The van der Waals surface area contributed by atoms with Crippen LogP contribution in [-0.2, 0) is 66.7 Å². The van der Waals surface area contributed by atoms with Crippen molar-refractivity contribution in [3.63, 3.8) is 0 Å². The van der Waals surface area contributed by atoms with Gasteiger partial charge in [0.25, 0.3) is 0 Å². The average Bonchev–Trinajstić information content (AvgIpc) is 1.68. The molecule has 29 heteroatoms. The van der Waals surface area contributed by atoms with Crippen molar-refractivity contribution >= 4 is 59.9 Å². The van der Waals surface area contributed by atoms with Gasteiger partial charge < -0.3 is 66.7 Å². The molecule has 0 saturated carbocycles. The van der Waals surface area contributed by atoms with Crippen molar-refractivity contribution in [2.75, 3.05) is 243 Å². The standard InChI is InChI=1S/C60H129N7O15Si7/c1-10-75-83(3,54-12-19-61-26-40-68-41-27-61)77-85(5,56-14-21-63-30-44-70-45-31-63)79-87(7,58-16-23-65-34-48-72-49-35-65)81-89(9,60-18-25-67-38-52-74-53-39-67)82-88(8,59-17-24-66-36-50-73-51-37-66)80-86(6,57-15-22-64-32-46-71-47-33-64)78-84(4,76-11-2)55-13-20-62-28-42-69-43-29-62/h10-60H2,1-9H3. The zero-order valence-corrected chi connectivity index (χ0v) is 64.8. The molecule has 0 radical (unpaired) electrons. The fraction of sp³-hybridized carbons (Fsp3) is 1.00. The van der Waals surface area contributed by atoms with E-state index in [4.69, 9.17) is 66.7 Å². The van der Waals surface area contributed by atoms with Crippen LogP contribution in [-0.4, -0.2) is 337 Å². The van der Waals surface area contributed by atoms with E-state index in [0.29, 0.717) is 13.2 Å². The van der Waals surface area contributed by atoms with E-state index >= 15 is 0 Å². The Labute approximate surface area is 548 Å². The Kier molecular flexibility index (Phi) is 35.0. The van der Waals surface area contributed by atoms with Gasteiger partial charge in [-0.25, -0.2) is 0 Å². The predicted molar refractivity (Wildman–Crippen MR) is 368 cm³/mol. The van der Waals surface area contributed by atoms with E-state index in [9.17, 15) is 0 Å². The zero-order chi connectivity index (χ0) is 63.2. The van der Waals surface area contributed by atoms with Crippen molar-refractivity contribution in [1.82, 2.24) is 34.3 Å². The van der Waals surface area contributed by atoms with Gasteiger partial charge in [-0.2, -0.15) is 0 Å². The van der Waals surface area contributed by atoms with Gasteiger partial charge in [-0.3, -0.25) is 34.3 Å². The SMILES string of the molecule is CCO[Si](C)(CCCN1CCOCC1)O[Si](C)(CCCN1CCOCC1)O[Si](C)(CCCN1CCOCC1)O[Si](C)(CCCN1CCOCC1)O[Si](C)(CCCN1CCOCC1)O[Si](C)(CCCN1CCOCC1)O[Si](C)(CCCN1CCOCC1)OCC. The largest absolute Gasteiger partial charge is 0.416 e. The van der Waals surface area contributed by atoms with Crippen molar-refractivity contribution < 1.29 is 66.7 Å². The predicted octanol–water partition coefficient (Wildman–Crippen LogP) is 6.72. The van der Waals surface area contributed by atoms with E-state index in [1.807, 2.05) is 0 Å². The minimum absolute atomic E-state index is 0.611. The Hall–Kier alpha value is 0.638. The molecule has 6 unspecified atom stereocenters. The van der Waals surface area contributed by atoms with Crippen molar-refractivity contribution in [2.24, 2.45) is 0 Å². The van der Waals surface area contributed by atoms with Crippen LogP contribution in [0.5, 0.6) is 0 Å². The summed E-state index contributed by atoms with van der Waals surface area (Å²) in [6.45, 7) is 53.2. The summed E-state index contributed by atoms with van der Waals surface area (Å²) in [5.74, 6) is 0. The second-order valence-corrected chi connectivity index (χ2v) is 52.2. The molecule has 522 valence electrons. The first kappa shape index (κ1) is 77.0. The first-order valence-corrected chi connectivity index (χ1v) is 53.2. The normalized spacial score (nSPS) is 25.7. The highest BCUT2D eigenvalue weighted by atomic mass is 28.5. The summed E-state index contributed by atoms with van der Waals surface area (Å²) in [5, 5.41) is 0. The maximum absolute atomic E-state index is 8.33. The van der Waals surface area contributed by atoms with Crippen LogP contribution in [0.25, 0.3) is 0 Å². The van der Waals surface area contributed by atoms with Gasteiger partial charge in [-0.1, -0.05) is 0 Å². The summed E-state index contributed by atoms with van der Waals surface area (Å²) in [6, 6.07) is 6.00. The Bertz CT molecular complexity index is 1770. The summed E-state index contributed by atoms with van der Waals surface area (Å²) >= 11 is 0. The molecule has 7 aliphatic rings. The highest BCUT2D eigenvalue weighted by molar-refractivity contribution is 6.92. The van der Waals surface area contributed by atoms with Crippen molar-refractivity contribution in [2.45, 2.75) is 147 Å². The lowest BCUT2D eigenvalue weighted by atomic mass is 10.3. The lowest BCUT2D eigenvalue weighted by Gasteiger charge is -2.48. The topological polar surface area (TPSA) is 161 Å².